The summed E-state index contributed by atoms with van der Waals surface area (Å²) < 4.78 is 0. The van der Waals surface area contributed by atoms with E-state index in [1.807, 2.05) is 30.3 Å². The van der Waals surface area contributed by atoms with Crippen LogP contribution in [-0.4, -0.2) is 43.1 Å². The van der Waals surface area contributed by atoms with Gasteiger partial charge in [0.1, 0.15) is 12.3 Å². The Morgan fingerprint density at radius 1 is 1.03 bits per heavy atom. The highest BCUT2D eigenvalue weighted by Crippen LogP contribution is 2.31. The van der Waals surface area contributed by atoms with E-state index in [1.54, 1.807) is 6.07 Å². The monoisotopic (exact) mass is 393 g/mol. The van der Waals surface area contributed by atoms with Crippen molar-refractivity contribution in [2.45, 2.75) is 31.7 Å². The fourth-order valence-corrected chi connectivity index (χ4v) is 4.11. The quantitative estimate of drug-likeness (QED) is 0.610. The van der Waals surface area contributed by atoms with Gasteiger partial charge in [0, 0.05) is 42.1 Å². The standard InChI is InChI=1S/C22H23N3O4/c26-13-14-9-11-25(12-10-14)19-6-2-3-15-16(19)4-1-5-17(15)21(28)23-18-7-8-20(27)24-22(18)29/h1-6,13-14,18H,7-12H2,(H,23,28)(H,24,27,29). The van der Waals surface area contributed by atoms with Gasteiger partial charge in [-0.1, -0.05) is 24.3 Å². The summed E-state index contributed by atoms with van der Waals surface area (Å²) >= 11 is 0. The van der Waals surface area contributed by atoms with Crippen LogP contribution >= 0.6 is 0 Å². The largest absolute Gasteiger partial charge is 0.371 e. The zero-order valence-electron chi connectivity index (χ0n) is 16.0. The summed E-state index contributed by atoms with van der Waals surface area (Å²) in [6, 6.07) is 10.7. The maximum Gasteiger partial charge on any atom is 0.252 e. The molecule has 150 valence electrons. The molecule has 29 heavy (non-hydrogen) atoms. The van der Waals surface area contributed by atoms with Crippen LogP contribution in [0.3, 0.4) is 0 Å². The van der Waals surface area contributed by atoms with Crippen LogP contribution in [0, 0.1) is 5.92 Å². The number of benzene rings is 2. The lowest BCUT2D eigenvalue weighted by Crippen LogP contribution is -2.52. The molecular weight excluding hydrogens is 370 g/mol. The molecule has 4 rings (SSSR count). The van der Waals surface area contributed by atoms with Gasteiger partial charge in [-0.05, 0) is 36.8 Å². The molecule has 1 atom stereocenters. The summed E-state index contributed by atoms with van der Waals surface area (Å²) in [7, 11) is 0. The number of anilines is 1. The van der Waals surface area contributed by atoms with Crippen LogP contribution < -0.4 is 15.5 Å². The smallest absolute Gasteiger partial charge is 0.252 e. The third kappa shape index (κ3) is 3.85. The number of amides is 3. The highest BCUT2D eigenvalue weighted by atomic mass is 16.2. The molecule has 1 unspecified atom stereocenters. The van der Waals surface area contributed by atoms with Crippen molar-refractivity contribution in [1.29, 1.82) is 0 Å². The number of carbonyl (C=O) groups excluding carboxylic acids is 4. The zero-order chi connectivity index (χ0) is 20.4. The number of rotatable bonds is 4. The lowest BCUT2D eigenvalue weighted by Gasteiger charge is -2.32. The average Bonchev–Trinajstić information content (AvgIpc) is 2.75. The first kappa shape index (κ1) is 19.1. The number of fused-ring (bicyclic) bond motifs is 1. The Bertz CT molecular complexity index is 979. The third-order valence-electron chi connectivity index (χ3n) is 5.76. The van der Waals surface area contributed by atoms with E-state index < -0.39 is 11.9 Å². The van der Waals surface area contributed by atoms with Gasteiger partial charge >= 0.3 is 0 Å². The van der Waals surface area contributed by atoms with E-state index in [4.69, 9.17) is 0 Å². The van der Waals surface area contributed by atoms with Gasteiger partial charge in [0.05, 0.1) is 0 Å². The van der Waals surface area contributed by atoms with E-state index in [0.29, 0.717) is 12.0 Å². The molecule has 0 bridgehead atoms. The Hall–Kier alpha value is -3.22. The molecule has 0 spiro atoms. The molecule has 0 radical (unpaired) electrons. The molecule has 2 N–H and O–H groups in total. The first-order valence-corrected chi connectivity index (χ1v) is 9.93. The molecule has 3 amide bonds. The number of aldehydes is 1. The lowest BCUT2D eigenvalue weighted by atomic mass is 9.96. The number of carbonyl (C=O) groups is 4. The van der Waals surface area contributed by atoms with Gasteiger partial charge in [0.25, 0.3) is 5.91 Å². The number of nitrogens with one attached hydrogen (secondary N) is 2. The molecule has 7 nitrogen and oxygen atoms in total. The fraction of sp³-hybridized carbons (Fsp3) is 0.364. The number of piperidine rings is 2. The van der Waals surface area contributed by atoms with Crippen molar-refractivity contribution in [3.8, 4) is 0 Å². The highest BCUT2D eigenvalue weighted by molar-refractivity contribution is 6.11. The highest BCUT2D eigenvalue weighted by Gasteiger charge is 2.28. The summed E-state index contributed by atoms with van der Waals surface area (Å²) in [5, 5.41) is 6.79. The maximum absolute atomic E-state index is 12.9. The van der Waals surface area contributed by atoms with E-state index in [-0.39, 0.29) is 24.2 Å². The minimum absolute atomic E-state index is 0.121. The molecule has 2 aliphatic heterocycles. The summed E-state index contributed by atoms with van der Waals surface area (Å²) in [6.45, 7) is 1.60. The van der Waals surface area contributed by atoms with Crippen LogP contribution in [0.25, 0.3) is 10.8 Å². The Labute approximate surface area is 168 Å². The summed E-state index contributed by atoms with van der Waals surface area (Å²) in [5.74, 6) is -0.986. The van der Waals surface area contributed by atoms with Gasteiger partial charge in [0.2, 0.25) is 11.8 Å². The van der Waals surface area contributed by atoms with Crippen molar-refractivity contribution in [1.82, 2.24) is 10.6 Å². The molecule has 2 aliphatic rings. The minimum Gasteiger partial charge on any atom is -0.371 e. The van der Waals surface area contributed by atoms with Gasteiger partial charge in [-0.25, -0.2) is 0 Å². The molecule has 2 fully saturated rings. The van der Waals surface area contributed by atoms with Gasteiger partial charge in [0.15, 0.2) is 0 Å². The van der Waals surface area contributed by atoms with Crippen LogP contribution in [0.5, 0.6) is 0 Å². The van der Waals surface area contributed by atoms with Crippen LogP contribution in [0.2, 0.25) is 0 Å². The summed E-state index contributed by atoms with van der Waals surface area (Å²) in [5.41, 5.74) is 1.54. The van der Waals surface area contributed by atoms with Gasteiger partial charge in [-0.15, -0.1) is 0 Å². The van der Waals surface area contributed by atoms with E-state index in [0.717, 1.165) is 48.7 Å². The summed E-state index contributed by atoms with van der Waals surface area (Å²) in [6.07, 6.45) is 3.22. The first-order chi connectivity index (χ1) is 14.1. The van der Waals surface area contributed by atoms with Crippen molar-refractivity contribution >= 4 is 40.5 Å². The first-order valence-electron chi connectivity index (χ1n) is 9.93. The second-order valence-corrected chi connectivity index (χ2v) is 7.62. The Morgan fingerprint density at radius 2 is 1.76 bits per heavy atom. The molecule has 2 heterocycles. The molecule has 2 saturated heterocycles. The molecule has 0 saturated carbocycles. The summed E-state index contributed by atoms with van der Waals surface area (Å²) in [4.78, 5) is 49.5. The van der Waals surface area contributed by atoms with Gasteiger partial charge in [-0.2, -0.15) is 0 Å². The molecule has 0 aromatic heterocycles. The molecule has 2 aromatic rings. The van der Waals surface area contributed by atoms with Crippen molar-refractivity contribution in [2.75, 3.05) is 18.0 Å². The number of hydrogen-bond donors (Lipinski definition) is 2. The van der Waals surface area contributed by atoms with Crippen LogP contribution in [-0.2, 0) is 14.4 Å². The predicted molar refractivity (Wildman–Crippen MR) is 109 cm³/mol. The Morgan fingerprint density at radius 3 is 2.48 bits per heavy atom. The third-order valence-corrected chi connectivity index (χ3v) is 5.76. The zero-order valence-corrected chi connectivity index (χ0v) is 16.0. The average molecular weight is 393 g/mol. The Balaban J connectivity index is 1.59. The predicted octanol–water partition coefficient (Wildman–Crippen LogP) is 1.79. The second kappa shape index (κ2) is 8.03. The van der Waals surface area contributed by atoms with E-state index in [2.05, 4.69) is 15.5 Å². The molecule has 7 heteroatoms. The SMILES string of the molecule is O=CC1CCN(c2cccc3c(C(=O)NC4CCC(=O)NC4=O)cccc23)CC1. The van der Waals surface area contributed by atoms with E-state index in [9.17, 15) is 19.2 Å². The molecule has 2 aromatic carbocycles. The number of imide groups is 1. The fourth-order valence-electron chi connectivity index (χ4n) is 4.11. The van der Waals surface area contributed by atoms with Crippen LogP contribution in [0.15, 0.2) is 36.4 Å². The molecular formula is C22H23N3O4. The van der Waals surface area contributed by atoms with Crippen molar-refractivity contribution < 1.29 is 19.2 Å². The maximum atomic E-state index is 12.9. The van der Waals surface area contributed by atoms with Crippen molar-refractivity contribution in [2.24, 2.45) is 5.92 Å². The lowest BCUT2D eigenvalue weighted by molar-refractivity contribution is -0.134. The van der Waals surface area contributed by atoms with Gasteiger partial charge < -0.3 is 15.0 Å². The van der Waals surface area contributed by atoms with Crippen LogP contribution in [0.1, 0.15) is 36.0 Å². The minimum atomic E-state index is -0.707. The molecule has 0 aliphatic carbocycles. The Kier molecular flexibility index (Phi) is 5.29. The normalized spacial score (nSPS) is 20.4. The second-order valence-electron chi connectivity index (χ2n) is 7.62. The van der Waals surface area contributed by atoms with Gasteiger partial charge in [-0.3, -0.25) is 19.7 Å². The van der Waals surface area contributed by atoms with E-state index >= 15 is 0 Å². The number of nitrogens with zero attached hydrogens (tertiary/aromatic N) is 1. The van der Waals surface area contributed by atoms with Crippen molar-refractivity contribution in [3.63, 3.8) is 0 Å². The number of hydrogen-bond acceptors (Lipinski definition) is 5. The topological polar surface area (TPSA) is 95.6 Å². The van der Waals surface area contributed by atoms with E-state index in [1.165, 1.54) is 0 Å². The van der Waals surface area contributed by atoms with Crippen LogP contribution in [0.4, 0.5) is 5.69 Å². The van der Waals surface area contributed by atoms with Crippen molar-refractivity contribution in [3.05, 3.63) is 42.0 Å².